The quantitative estimate of drug-likeness (QED) is 0.425. The minimum absolute atomic E-state index is 0.0624. The third-order valence-electron chi connectivity index (χ3n) is 3.69. The fourth-order valence-corrected chi connectivity index (χ4v) is 3.40. The number of ketones is 1. The van der Waals surface area contributed by atoms with E-state index in [1.165, 1.54) is 0 Å². The van der Waals surface area contributed by atoms with Crippen LogP contribution in [0.2, 0.25) is 0 Å². The largest absolute Gasteiger partial charge is 0.384 e. The van der Waals surface area contributed by atoms with Gasteiger partial charge in [0.2, 0.25) is 0 Å². The number of thiophene rings is 1. The fourth-order valence-electron chi connectivity index (χ4n) is 2.44. The van der Waals surface area contributed by atoms with Crippen LogP contribution in [0.25, 0.3) is 10.1 Å². The summed E-state index contributed by atoms with van der Waals surface area (Å²) < 4.78 is 1.15. The number of carbonyl (C=O) groups is 1. The summed E-state index contributed by atoms with van der Waals surface area (Å²) in [6, 6.07) is 15.5. The highest BCUT2D eigenvalue weighted by atomic mass is 32.1. The molecule has 4 heteroatoms. The van der Waals surface area contributed by atoms with Crippen molar-refractivity contribution >= 4 is 33.0 Å². The Balaban J connectivity index is 1.71. The molecule has 0 bridgehead atoms. The van der Waals surface area contributed by atoms with Crippen LogP contribution in [0.5, 0.6) is 0 Å². The van der Waals surface area contributed by atoms with E-state index >= 15 is 0 Å². The van der Waals surface area contributed by atoms with Crippen LogP contribution in [0.1, 0.15) is 27.9 Å². The molecule has 0 aliphatic carbocycles. The number of fused-ring (bicyclic) bond motifs is 1. The molecule has 22 heavy (non-hydrogen) atoms. The summed E-state index contributed by atoms with van der Waals surface area (Å²) in [4.78, 5) is 12.4. The molecular weight excluding hydrogens is 292 g/mol. The van der Waals surface area contributed by atoms with Crippen molar-refractivity contribution < 1.29 is 4.79 Å². The summed E-state index contributed by atoms with van der Waals surface area (Å²) in [5, 5.41) is 10.4. The maximum atomic E-state index is 12.4. The third-order valence-corrected chi connectivity index (χ3v) is 4.65. The number of hydrogen-bond acceptors (Lipinski definition) is 3. The Kier molecular flexibility index (Phi) is 4.02. The predicted octanol–water partition coefficient (Wildman–Crippen LogP) is 4.00. The lowest BCUT2D eigenvalue weighted by Crippen LogP contribution is -2.10. The predicted molar refractivity (Wildman–Crippen MR) is 91.9 cm³/mol. The highest BCUT2D eigenvalue weighted by Gasteiger charge is 2.11. The van der Waals surface area contributed by atoms with Crippen LogP contribution in [0.4, 0.5) is 0 Å². The van der Waals surface area contributed by atoms with Gasteiger partial charge in [-0.3, -0.25) is 10.2 Å². The highest BCUT2D eigenvalue weighted by Crippen LogP contribution is 2.26. The summed E-state index contributed by atoms with van der Waals surface area (Å²) in [6.07, 6.45) is 1.18. The van der Waals surface area contributed by atoms with Gasteiger partial charge in [0.1, 0.15) is 5.84 Å². The standard InChI is InChI=1S/C18H16N2OS/c19-18(20)13-8-5-12(6-9-13)7-10-16(21)15-11-22-17-4-2-1-3-14(15)17/h1-6,8-9,11H,7,10H2,(H3,19,20). The van der Waals surface area contributed by atoms with E-state index in [9.17, 15) is 4.79 Å². The van der Waals surface area contributed by atoms with Crippen molar-refractivity contribution in [2.45, 2.75) is 12.8 Å². The van der Waals surface area contributed by atoms with E-state index in [0.29, 0.717) is 18.4 Å². The molecule has 0 radical (unpaired) electrons. The molecule has 1 heterocycles. The van der Waals surface area contributed by atoms with Gasteiger partial charge in [0.15, 0.2) is 5.78 Å². The number of nitrogens with one attached hydrogen (secondary N) is 1. The number of aryl methyl sites for hydroxylation is 1. The fraction of sp³-hybridized carbons (Fsp3) is 0.111. The summed E-state index contributed by atoms with van der Waals surface area (Å²) in [7, 11) is 0. The monoisotopic (exact) mass is 308 g/mol. The summed E-state index contributed by atoms with van der Waals surface area (Å²) in [5.74, 6) is 0.237. The summed E-state index contributed by atoms with van der Waals surface area (Å²) >= 11 is 1.61. The molecule has 0 saturated heterocycles. The molecule has 0 aliphatic heterocycles. The van der Waals surface area contributed by atoms with E-state index in [1.807, 2.05) is 53.9 Å². The zero-order valence-electron chi connectivity index (χ0n) is 12.0. The third kappa shape index (κ3) is 2.92. The lowest BCUT2D eigenvalue weighted by Gasteiger charge is -2.03. The Bertz CT molecular complexity index is 834. The van der Waals surface area contributed by atoms with Crippen molar-refractivity contribution in [3.63, 3.8) is 0 Å². The molecule has 3 nitrogen and oxygen atoms in total. The molecule has 0 spiro atoms. The van der Waals surface area contributed by atoms with Gasteiger partial charge < -0.3 is 5.73 Å². The average molecular weight is 308 g/mol. The first-order chi connectivity index (χ1) is 10.6. The molecule has 0 atom stereocenters. The van der Waals surface area contributed by atoms with E-state index in [4.69, 9.17) is 11.1 Å². The number of amidine groups is 1. The van der Waals surface area contributed by atoms with Gasteiger partial charge in [0, 0.05) is 33.0 Å². The molecule has 0 unspecified atom stereocenters. The van der Waals surface area contributed by atoms with E-state index in [-0.39, 0.29) is 11.6 Å². The molecule has 0 saturated carbocycles. The number of nitrogens with two attached hydrogens (primary N) is 1. The minimum Gasteiger partial charge on any atom is -0.384 e. The molecule has 3 N–H and O–H groups in total. The van der Waals surface area contributed by atoms with E-state index in [2.05, 4.69) is 0 Å². The Hall–Kier alpha value is -2.46. The maximum absolute atomic E-state index is 12.4. The van der Waals surface area contributed by atoms with Crippen LogP contribution >= 0.6 is 11.3 Å². The molecule has 1 aromatic heterocycles. The average Bonchev–Trinajstić information content (AvgIpc) is 2.97. The SMILES string of the molecule is N=C(N)c1ccc(CCC(=O)c2csc3ccccc23)cc1. The number of nitrogen functional groups attached to an aromatic ring is 1. The van der Waals surface area contributed by atoms with Crippen molar-refractivity contribution in [1.29, 1.82) is 5.41 Å². The Morgan fingerprint density at radius 1 is 1.09 bits per heavy atom. The van der Waals surface area contributed by atoms with Crippen molar-refractivity contribution in [2.75, 3.05) is 0 Å². The van der Waals surface area contributed by atoms with E-state index in [1.54, 1.807) is 11.3 Å². The topological polar surface area (TPSA) is 66.9 Å². The Morgan fingerprint density at radius 2 is 1.82 bits per heavy atom. The second-order valence-corrected chi connectivity index (χ2v) is 6.09. The minimum atomic E-state index is 0.0624. The van der Waals surface area contributed by atoms with Crippen LogP contribution in [0.15, 0.2) is 53.9 Å². The smallest absolute Gasteiger partial charge is 0.164 e. The summed E-state index contributed by atoms with van der Waals surface area (Å²) in [5.41, 5.74) is 8.04. The first-order valence-corrected chi connectivity index (χ1v) is 7.96. The zero-order chi connectivity index (χ0) is 15.5. The first kappa shape index (κ1) is 14.5. The molecular formula is C18H16N2OS. The Morgan fingerprint density at radius 3 is 2.55 bits per heavy atom. The van der Waals surface area contributed by atoms with Crippen molar-refractivity contribution in [1.82, 2.24) is 0 Å². The molecule has 0 aliphatic rings. The molecule has 2 aromatic carbocycles. The van der Waals surface area contributed by atoms with Gasteiger partial charge in [0.25, 0.3) is 0 Å². The van der Waals surface area contributed by atoms with Crippen molar-refractivity contribution in [2.24, 2.45) is 5.73 Å². The van der Waals surface area contributed by atoms with Crippen LogP contribution in [-0.4, -0.2) is 11.6 Å². The zero-order valence-corrected chi connectivity index (χ0v) is 12.8. The lowest BCUT2D eigenvalue weighted by molar-refractivity contribution is 0.0985. The van der Waals surface area contributed by atoms with Gasteiger partial charge in [-0.05, 0) is 18.1 Å². The van der Waals surface area contributed by atoms with Gasteiger partial charge in [-0.25, -0.2) is 0 Å². The second-order valence-electron chi connectivity index (χ2n) is 5.18. The van der Waals surface area contributed by atoms with Gasteiger partial charge in [-0.15, -0.1) is 11.3 Å². The molecule has 3 aromatic rings. The molecule has 0 fully saturated rings. The van der Waals surface area contributed by atoms with Gasteiger partial charge in [0.05, 0.1) is 0 Å². The number of benzene rings is 2. The van der Waals surface area contributed by atoms with Gasteiger partial charge >= 0.3 is 0 Å². The lowest BCUT2D eigenvalue weighted by atomic mass is 10.0. The van der Waals surface area contributed by atoms with Gasteiger partial charge in [-0.1, -0.05) is 42.5 Å². The van der Waals surface area contributed by atoms with Crippen LogP contribution in [0.3, 0.4) is 0 Å². The number of rotatable bonds is 5. The van der Waals surface area contributed by atoms with Gasteiger partial charge in [-0.2, -0.15) is 0 Å². The number of Topliss-reactive ketones (excluding diaryl/α,β-unsaturated/α-hetero) is 1. The maximum Gasteiger partial charge on any atom is 0.164 e. The second kappa shape index (κ2) is 6.12. The number of carbonyl (C=O) groups excluding carboxylic acids is 1. The highest BCUT2D eigenvalue weighted by molar-refractivity contribution is 7.17. The van der Waals surface area contributed by atoms with Crippen LogP contribution in [-0.2, 0) is 6.42 Å². The van der Waals surface area contributed by atoms with E-state index < -0.39 is 0 Å². The molecule has 3 rings (SSSR count). The molecule has 110 valence electrons. The number of hydrogen-bond donors (Lipinski definition) is 2. The van der Waals surface area contributed by atoms with E-state index in [0.717, 1.165) is 21.2 Å². The van der Waals surface area contributed by atoms with Crippen LogP contribution in [0, 0.1) is 5.41 Å². The van der Waals surface area contributed by atoms with Crippen molar-refractivity contribution in [3.8, 4) is 0 Å². The first-order valence-electron chi connectivity index (χ1n) is 7.08. The molecule has 0 amide bonds. The summed E-state index contributed by atoms with van der Waals surface area (Å²) in [6.45, 7) is 0. The van der Waals surface area contributed by atoms with Crippen LogP contribution < -0.4 is 5.73 Å². The normalized spacial score (nSPS) is 10.7. The Labute approximate surface area is 132 Å². The van der Waals surface area contributed by atoms with Crippen molar-refractivity contribution in [3.05, 3.63) is 70.6 Å².